The number of nitrogen functional groups attached to an aromatic ring is 1. The van der Waals surface area contributed by atoms with Gasteiger partial charge in [0.25, 0.3) is 0 Å². The van der Waals surface area contributed by atoms with Crippen molar-refractivity contribution in [1.29, 1.82) is 0 Å². The summed E-state index contributed by atoms with van der Waals surface area (Å²) in [5, 5.41) is 8.15. The van der Waals surface area contributed by atoms with E-state index < -0.39 is 0 Å². The van der Waals surface area contributed by atoms with Crippen LogP contribution in [0, 0.1) is 6.92 Å². The second kappa shape index (κ2) is 11.0. The van der Waals surface area contributed by atoms with Crippen LogP contribution >= 0.6 is 0 Å². The van der Waals surface area contributed by atoms with Gasteiger partial charge in [-0.15, -0.1) is 0 Å². The maximum absolute atomic E-state index is 6.36. The zero-order valence-electron chi connectivity index (χ0n) is 20.4. The van der Waals surface area contributed by atoms with E-state index in [1.807, 2.05) is 49.2 Å². The number of ether oxygens (including phenoxy) is 1. The molecule has 0 unspecified atom stereocenters. The Morgan fingerprint density at radius 2 is 1.92 bits per heavy atom. The van der Waals surface area contributed by atoms with Gasteiger partial charge in [-0.05, 0) is 61.3 Å². The van der Waals surface area contributed by atoms with Gasteiger partial charge in [-0.2, -0.15) is 0 Å². The fourth-order valence-electron chi connectivity index (χ4n) is 4.29. The van der Waals surface area contributed by atoms with E-state index in [2.05, 4.69) is 55.3 Å². The normalized spacial score (nSPS) is 11.1. The second-order valence-corrected chi connectivity index (χ2v) is 8.73. The van der Waals surface area contributed by atoms with Gasteiger partial charge in [0, 0.05) is 60.0 Å². The van der Waals surface area contributed by atoms with E-state index in [1.54, 1.807) is 12.4 Å². The molecule has 0 amide bonds. The molecule has 0 fully saturated rings. The van der Waals surface area contributed by atoms with Gasteiger partial charge in [-0.25, -0.2) is 4.98 Å². The highest BCUT2D eigenvalue weighted by molar-refractivity contribution is 5.93. The number of nitrogens with two attached hydrogens (primary N) is 1. The number of nitrogens with one attached hydrogen (secondary N) is 3. The van der Waals surface area contributed by atoms with Crippen molar-refractivity contribution in [2.45, 2.75) is 19.9 Å². The fraction of sp³-hybridized carbons (Fsp3) is 0.214. The van der Waals surface area contributed by atoms with Gasteiger partial charge in [0.15, 0.2) is 0 Å². The van der Waals surface area contributed by atoms with Crippen LogP contribution in [0.25, 0.3) is 22.0 Å². The minimum Gasteiger partial charge on any atom is -0.492 e. The largest absolute Gasteiger partial charge is 0.492 e. The molecular weight excluding hydrogens is 450 g/mol. The minimum absolute atomic E-state index is 0.598. The number of fused-ring (bicyclic) bond motifs is 1. The van der Waals surface area contributed by atoms with E-state index in [0.29, 0.717) is 12.3 Å². The highest BCUT2D eigenvalue weighted by Gasteiger charge is 2.12. The molecule has 0 saturated carbocycles. The zero-order valence-corrected chi connectivity index (χ0v) is 20.4. The number of pyridine rings is 1. The number of benzene rings is 2. The summed E-state index contributed by atoms with van der Waals surface area (Å²) < 4.78 is 7.99. The lowest BCUT2D eigenvalue weighted by atomic mass is 10.0. The van der Waals surface area contributed by atoms with Crippen molar-refractivity contribution >= 4 is 28.0 Å². The number of aromatic amines is 1. The van der Waals surface area contributed by atoms with Crippen molar-refractivity contribution in [3.05, 3.63) is 85.3 Å². The number of nitrogens with zero attached hydrogens (tertiary/aromatic N) is 3. The molecule has 2 aromatic carbocycles. The molecule has 0 bridgehead atoms. The van der Waals surface area contributed by atoms with Crippen molar-refractivity contribution in [2.75, 3.05) is 30.7 Å². The van der Waals surface area contributed by atoms with Crippen molar-refractivity contribution in [3.8, 4) is 16.9 Å². The van der Waals surface area contributed by atoms with Crippen LogP contribution in [0.2, 0.25) is 0 Å². The molecule has 184 valence electrons. The Balaban J connectivity index is 1.19. The van der Waals surface area contributed by atoms with Gasteiger partial charge in [0.2, 0.25) is 0 Å². The van der Waals surface area contributed by atoms with Crippen LogP contribution in [0.5, 0.6) is 5.75 Å². The molecule has 0 aliphatic rings. The first kappa shape index (κ1) is 23.4. The molecule has 5 aromatic rings. The van der Waals surface area contributed by atoms with Crippen LogP contribution < -0.4 is 21.1 Å². The monoisotopic (exact) mass is 481 g/mol. The third-order valence-electron chi connectivity index (χ3n) is 6.28. The number of aryl methyl sites for hydroxylation is 2. The molecule has 0 spiro atoms. The molecule has 3 heterocycles. The molecule has 5 N–H and O–H groups in total. The maximum Gasteiger partial charge on any atom is 0.119 e. The average Bonchev–Trinajstić information content (AvgIpc) is 3.59. The first-order valence-corrected chi connectivity index (χ1v) is 12.2. The third kappa shape index (κ3) is 5.34. The van der Waals surface area contributed by atoms with Crippen molar-refractivity contribution in [3.63, 3.8) is 0 Å². The number of anilines is 3. The number of hydrogen-bond acceptors (Lipinski definition) is 6. The molecule has 8 nitrogen and oxygen atoms in total. The Hall–Kier alpha value is -4.30. The predicted molar refractivity (Wildman–Crippen MR) is 146 cm³/mol. The van der Waals surface area contributed by atoms with E-state index in [-0.39, 0.29) is 0 Å². The van der Waals surface area contributed by atoms with Crippen molar-refractivity contribution < 1.29 is 4.74 Å². The Morgan fingerprint density at radius 1 is 1.03 bits per heavy atom. The molecular formula is C28H31N7O. The van der Waals surface area contributed by atoms with Gasteiger partial charge in [0.05, 0.1) is 23.9 Å². The van der Waals surface area contributed by atoms with Gasteiger partial charge in [0.1, 0.15) is 12.4 Å². The number of imidazole rings is 1. The average molecular weight is 482 g/mol. The molecule has 3 aromatic heterocycles. The van der Waals surface area contributed by atoms with Gasteiger partial charge in [-0.3, -0.25) is 4.98 Å². The smallest absolute Gasteiger partial charge is 0.119 e. The summed E-state index contributed by atoms with van der Waals surface area (Å²) in [4.78, 5) is 11.6. The Bertz CT molecular complexity index is 1410. The van der Waals surface area contributed by atoms with E-state index in [0.717, 1.165) is 65.4 Å². The molecule has 0 aliphatic carbocycles. The van der Waals surface area contributed by atoms with E-state index >= 15 is 0 Å². The fourth-order valence-corrected chi connectivity index (χ4v) is 4.29. The van der Waals surface area contributed by atoms with Crippen LogP contribution in [0.1, 0.15) is 12.0 Å². The summed E-state index contributed by atoms with van der Waals surface area (Å²) in [7, 11) is 0. The van der Waals surface area contributed by atoms with Crippen LogP contribution in [0.4, 0.5) is 17.1 Å². The quantitative estimate of drug-likeness (QED) is 0.195. The van der Waals surface area contributed by atoms with Crippen LogP contribution in [0.15, 0.2) is 79.8 Å². The standard InChI is InChI=1S/C28H31N7O/c1-20-23-9-11-33-27(23)8-7-26(20)34-28-24(17-32-18-25(28)29)21-3-5-22(6-4-21)36-16-13-30-10-2-14-35-15-12-31-19-35/h3-9,11-12,15,17-19,30,33H,2,10,13-14,16,29H2,1H3,(H,32,34). The number of H-pyrrole nitrogens is 1. The topological polar surface area (TPSA) is 106 Å². The lowest BCUT2D eigenvalue weighted by Gasteiger charge is -2.17. The van der Waals surface area contributed by atoms with Crippen LogP contribution in [-0.2, 0) is 6.54 Å². The summed E-state index contributed by atoms with van der Waals surface area (Å²) in [5.41, 5.74) is 13.0. The SMILES string of the molecule is Cc1c(Nc2c(N)cncc2-c2ccc(OCCNCCCn3ccnc3)cc2)ccc2[nH]ccc12. The first-order valence-electron chi connectivity index (χ1n) is 12.2. The summed E-state index contributed by atoms with van der Waals surface area (Å²) in [5.74, 6) is 0.832. The minimum atomic E-state index is 0.598. The Morgan fingerprint density at radius 3 is 2.75 bits per heavy atom. The number of rotatable bonds is 11. The Labute approximate surface area is 210 Å². The maximum atomic E-state index is 6.36. The summed E-state index contributed by atoms with van der Waals surface area (Å²) in [6.07, 6.45) is 12.1. The Kier molecular flexibility index (Phi) is 7.14. The van der Waals surface area contributed by atoms with E-state index in [4.69, 9.17) is 10.5 Å². The zero-order chi connectivity index (χ0) is 24.7. The summed E-state index contributed by atoms with van der Waals surface area (Å²) in [6.45, 7) is 5.42. The van der Waals surface area contributed by atoms with Crippen LogP contribution in [-0.4, -0.2) is 39.2 Å². The van der Waals surface area contributed by atoms with Crippen LogP contribution in [0.3, 0.4) is 0 Å². The van der Waals surface area contributed by atoms with E-state index in [9.17, 15) is 0 Å². The molecule has 0 aliphatic heterocycles. The highest BCUT2D eigenvalue weighted by Crippen LogP contribution is 2.36. The molecule has 8 heteroatoms. The molecule has 0 atom stereocenters. The second-order valence-electron chi connectivity index (χ2n) is 8.73. The molecule has 5 rings (SSSR count). The molecule has 0 radical (unpaired) electrons. The molecule has 0 saturated heterocycles. The van der Waals surface area contributed by atoms with Gasteiger partial charge < -0.3 is 30.7 Å². The first-order chi connectivity index (χ1) is 17.7. The van der Waals surface area contributed by atoms with Gasteiger partial charge in [-0.1, -0.05) is 12.1 Å². The third-order valence-corrected chi connectivity index (χ3v) is 6.28. The molecule has 36 heavy (non-hydrogen) atoms. The van der Waals surface area contributed by atoms with E-state index in [1.165, 1.54) is 5.39 Å². The predicted octanol–water partition coefficient (Wildman–Crippen LogP) is 5.12. The summed E-state index contributed by atoms with van der Waals surface area (Å²) in [6, 6.07) is 14.3. The van der Waals surface area contributed by atoms with Gasteiger partial charge >= 0.3 is 0 Å². The summed E-state index contributed by atoms with van der Waals surface area (Å²) >= 11 is 0. The van der Waals surface area contributed by atoms with Crippen molar-refractivity contribution in [1.82, 2.24) is 24.8 Å². The lowest BCUT2D eigenvalue weighted by Crippen LogP contribution is -2.22. The highest BCUT2D eigenvalue weighted by atomic mass is 16.5. The number of hydrogen-bond donors (Lipinski definition) is 4. The number of aromatic nitrogens is 4. The van der Waals surface area contributed by atoms with Crippen molar-refractivity contribution in [2.24, 2.45) is 0 Å². The lowest BCUT2D eigenvalue weighted by molar-refractivity contribution is 0.313.